The Kier molecular flexibility index (Phi) is 4.89. The molecule has 2 heterocycles. The largest absolute Gasteiger partial charge is 0.341 e. The number of likely N-dealkylation sites (N-methyl/N-ethyl adjacent to an activating group) is 1. The van der Waals surface area contributed by atoms with Gasteiger partial charge in [0.1, 0.15) is 0 Å². The Hall–Kier alpha value is -2.69. The Balaban J connectivity index is 1.67. The number of nitrogens with zero attached hydrogens (tertiary/aromatic N) is 3. The summed E-state index contributed by atoms with van der Waals surface area (Å²) < 4.78 is 0. The van der Waals surface area contributed by atoms with E-state index < -0.39 is 0 Å². The summed E-state index contributed by atoms with van der Waals surface area (Å²) >= 11 is 0. The van der Waals surface area contributed by atoms with E-state index >= 15 is 0 Å². The summed E-state index contributed by atoms with van der Waals surface area (Å²) in [4.78, 5) is 32.0. The molecule has 0 bridgehead atoms. The number of rotatable bonds is 5. The molecule has 0 radical (unpaired) electrons. The van der Waals surface area contributed by atoms with Crippen LogP contribution in [0.15, 0.2) is 48.8 Å². The van der Waals surface area contributed by atoms with Crippen molar-refractivity contribution in [3.63, 3.8) is 0 Å². The van der Waals surface area contributed by atoms with Crippen molar-refractivity contribution in [2.75, 3.05) is 25.0 Å². The number of hydrogen-bond donors (Lipinski definition) is 0. The van der Waals surface area contributed by atoms with Gasteiger partial charge in [-0.2, -0.15) is 0 Å². The maximum atomic E-state index is 12.6. The number of pyridine rings is 1. The van der Waals surface area contributed by atoms with Crippen LogP contribution in [0.1, 0.15) is 28.8 Å². The van der Waals surface area contributed by atoms with Gasteiger partial charge in [0.2, 0.25) is 5.91 Å². The van der Waals surface area contributed by atoms with Crippen molar-refractivity contribution < 1.29 is 9.59 Å². The van der Waals surface area contributed by atoms with Crippen LogP contribution in [0.5, 0.6) is 0 Å². The van der Waals surface area contributed by atoms with Crippen LogP contribution in [0.2, 0.25) is 0 Å². The lowest BCUT2D eigenvalue weighted by Crippen LogP contribution is -2.29. The van der Waals surface area contributed by atoms with Crippen LogP contribution in [-0.2, 0) is 11.2 Å². The van der Waals surface area contributed by atoms with E-state index in [0.717, 1.165) is 30.6 Å². The molecule has 0 aliphatic carbocycles. The molecule has 124 valence electrons. The van der Waals surface area contributed by atoms with E-state index in [2.05, 4.69) is 4.98 Å². The maximum absolute atomic E-state index is 12.6. The van der Waals surface area contributed by atoms with Gasteiger partial charge in [-0.15, -0.1) is 0 Å². The first-order valence-corrected chi connectivity index (χ1v) is 8.20. The molecular formula is C19H21N3O2. The Morgan fingerprint density at radius 3 is 2.75 bits per heavy atom. The van der Waals surface area contributed by atoms with Crippen LogP contribution >= 0.6 is 0 Å². The summed E-state index contributed by atoms with van der Waals surface area (Å²) in [5, 5.41) is 0. The van der Waals surface area contributed by atoms with E-state index in [1.54, 1.807) is 35.3 Å². The van der Waals surface area contributed by atoms with Gasteiger partial charge in [-0.05, 0) is 48.7 Å². The molecule has 2 aromatic rings. The van der Waals surface area contributed by atoms with Gasteiger partial charge in [0.05, 0.1) is 0 Å². The van der Waals surface area contributed by atoms with Crippen molar-refractivity contribution in [3.05, 3.63) is 59.9 Å². The topological polar surface area (TPSA) is 53.5 Å². The molecule has 0 atom stereocenters. The van der Waals surface area contributed by atoms with Crippen molar-refractivity contribution in [2.24, 2.45) is 0 Å². The molecule has 3 rings (SSSR count). The molecule has 1 saturated heterocycles. The van der Waals surface area contributed by atoms with E-state index in [1.165, 1.54) is 0 Å². The molecule has 0 N–H and O–H groups in total. The van der Waals surface area contributed by atoms with Gasteiger partial charge < -0.3 is 9.80 Å². The van der Waals surface area contributed by atoms with Crippen molar-refractivity contribution in [3.8, 4) is 0 Å². The highest BCUT2D eigenvalue weighted by Gasteiger charge is 2.22. The Labute approximate surface area is 141 Å². The van der Waals surface area contributed by atoms with Crippen LogP contribution in [0, 0.1) is 0 Å². The standard InChI is InChI=1S/C19H21N3O2/c1-21(13-9-15-7-10-20-11-8-15)19(24)16-4-2-5-17(14-16)22-12-3-6-18(22)23/h2,4-5,7-8,10-11,14H,3,6,9,12-13H2,1H3. The fourth-order valence-electron chi connectivity index (χ4n) is 2.90. The lowest BCUT2D eigenvalue weighted by atomic mass is 10.1. The molecule has 0 saturated carbocycles. The van der Waals surface area contributed by atoms with Gasteiger partial charge in [0.15, 0.2) is 0 Å². The molecule has 2 amide bonds. The van der Waals surface area contributed by atoms with Crippen molar-refractivity contribution in [1.82, 2.24) is 9.88 Å². The van der Waals surface area contributed by atoms with Crippen molar-refractivity contribution in [2.45, 2.75) is 19.3 Å². The van der Waals surface area contributed by atoms with Crippen LogP contribution in [-0.4, -0.2) is 41.8 Å². The SMILES string of the molecule is CN(CCc1ccncc1)C(=O)c1cccc(N2CCCC2=O)c1. The van der Waals surface area contributed by atoms with Gasteiger partial charge >= 0.3 is 0 Å². The Morgan fingerprint density at radius 2 is 2.04 bits per heavy atom. The first-order valence-electron chi connectivity index (χ1n) is 8.20. The lowest BCUT2D eigenvalue weighted by molar-refractivity contribution is -0.117. The highest BCUT2D eigenvalue weighted by atomic mass is 16.2. The number of carbonyl (C=O) groups excluding carboxylic acids is 2. The third kappa shape index (κ3) is 3.62. The molecule has 1 aromatic carbocycles. The van der Waals surface area contributed by atoms with Crippen molar-refractivity contribution in [1.29, 1.82) is 0 Å². The molecule has 24 heavy (non-hydrogen) atoms. The molecular weight excluding hydrogens is 302 g/mol. The summed E-state index contributed by atoms with van der Waals surface area (Å²) in [7, 11) is 1.80. The molecule has 5 heteroatoms. The van der Waals surface area contributed by atoms with E-state index in [4.69, 9.17) is 0 Å². The molecule has 1 aliphatic rings. The Bertz CT molecular complexity index is 730. The van der Waals surface area contributed by atoms with Gasteiger partial charge in [-0.3, -0.25) is 14.6 Å². The van der Waals surface area contributed by atoms with E-state index in [-0.39, 0.29) is 11.8 Å². The molecule has 0 unspecified atom stereocenters. The average Bonchev–Trinajstić information content (AvgIpc) is 3.06. The zero-order valence-electron chi connectivity index (χ0n) is 13.8. The molecule has 1 aromatic heterocycles. The second-order valence-corrected chi connectivity index (χ2v) is 6.03. The van der Waals surface area contributed by atoms with E-state index in [0.29, 0.717) is 18.5 Å². The highest BCUT2D eigenvalue weighted by Crippen LogP contribution is 2.22. The average molecular weight is 323 g/mol. The zero-order chi connectivity index (χ0) is 16.9. The second-order valence-electron chi connectivity index (χ2n) is 6.03. The summed E-state index contributed by atoms with van der Waals surface area (Å²) in [6, 6.07) is 11.3. The Morgan fingerprint density at radius 1 is 1.25 bits per heavy atom. The summed E-state index contributed by atoms with van der Waals surface area (Å²) in [6.07, 6.45) is 5.77. The van der Waals surface area contributed by atoms with E-state index in [9.17, 15) is 9.59 Å². The number of carbonyl (C=O) groups is 2. The fourth-order valence-corrected chi connectivity index (χ4v) is 2.90. The summed E-state index contributed by atoms with van der Waals surface area (Å²) in [6.45, 7) is 1.37. The predicted molar refractivity (Wildman–Crippen MR) is 92.9 cm³/mol. The minimum Gasteiger partial charge on any atom is -0.341 e. The molecule has 1 aliphatic heterocycles. The third-order valence-electron chi connectivity index (χ3n) is 4.31. The maximum Gasteiger partial charge on any atom is 0.253 e. The quantitative estimate of drug-likeness (QED) is 0.849. The van der Waals surface area contributed by atoms with Gasteiger partial charge in [-0.1, -0.05) is 6.07 Å². The third-order valence-corrected chi connectivity index (χ3v) is 4.31. The number of benzene rings is 1. The second kappa shape index (κ2) is 7.25. The van der Waals surface area contributed by atoms with Crippen molar-refractivity contribution >= 4 is 17.5 Å². The van der Waals surface area contributed by atoms with Gasteiger partial charge in [0, 0.05) is 50.2 Å². The number of anilines is 1. The zero-order valence-corrected chi connectivity index (χ0v) is 13.8. The van der Waals surface area contributed by atoms with E-state index in [1.807, 2.05) is 30.3 Å². The van der Waals surface area contributed by atoms with Crippen LogP contribution in [0.4, 0.5) is 5.69 Å². The van der Waals surface area contributed by atoms with Gasteiger partial charge in [0.25, 0.3) is 5.91 Å². The number of aromatic nitrogens is 1. The predicted octanol–water partition coefficient (Wildman–Crippen LogP) is 2.52. The van der Waals surface area contributed by atoms with Crippen LogP contribution in [0.3, 0.4) is 0 Å². The first-order chi connectivity index (χ1) is 11.6. The minimum absolute atomic E-state index is 0.0300. The summed E-state index contributed by atoms with van der Waals surface area (Å²) in [5.41, 5.74) is 2.58. The smallest absolute Gasteiger partial charge is 0.253 e. The molecule has 0 spiro atoms. The van der Waals surface area contributed by atoms with Gasteiger partial charge in [-0.25, -0.2) is 0 Å². The highest BCUT2D eigenvalue weighted by molar-refractivity contribution is 5.99. The fraction of sp³-hybridized carbons (Fsp3) is 0.316. The van der Waals surface area contributed by atoms with Crippen LogP contribution < -0.4 is 4.90 Å². The number of hydrogen-bond acceptors (Lipinski definition) is 3. The number of amides is 2. The normalized spacial score (nSPS) is 14.0. The molecule has 5 nitrogen and oxygen atoms in total. The van der Waals surface area contributed by atoms with Crippen LogP contribution in [0.25, 0.3) is 0 Å². The monoisotopic (exact) mass is 323 g/mol. The lowest BCUT2D eigenvalue weighted by Gasteiger charge is -2.20. The first kappa shape index (κ1) is 16.2. The summed E-state index contributed by atoms with van der Waals surface area (Å²) in [5.74, 6) is 0.100. The minimum atomic E-state index is -0.0300. The molecule has 1 fully saturated rings.